The van der Waals surface area contributed by atoms with Crippen molar-refractivity contribution in [3.8, 4) is 11.5 Å². The molecule has 0 amide bonds. The highest BCUT2D eigenvalue weighted by Crippen LogP contribution is 2.35. The molecule has 144 valence electrons. The van der Waals surface area contributed by atoms with E-state index in [1.807, 2.05) is 18.2 Å². The Morgan fingerprint density at radius 3 is 2.81 bits per heavy atom. The molecule has 2 aromatic rings. The summed E-state index contributed by atoms with van der Waals surface area (Å²) in [4.78, 5) is 15.7. The van der Waals surface area contributed by atoms with Crippen LogP contribution in [0.15, 0.2) is 30.0 Å². The zero-order chi connectivity index (χ0) is 19.6. The van der Waals surface area contributed by atoms with Crippen LogP contribution in [0.1, 0.15) is 37.7 Å². The van der Waals surface area contributed by atoms with Crippen molar-refractivity contribution in [2.75, 3.05) is 19.0 Å². The molecule has 8 nitrogen and oxygen atoms in total. The van der Waals surface area contributed by atoms with E-state index in [1.54, 1.807) is 24.8 Å². The van der Waals surface area contributed by atoms with Crippen LogP contribution in [0.2, 0.25) is 0 Å². The maximum Gasteiger partial charge on any atom is 0.352 e. The molecule has 0 aliphatic carbocycles. The van der Waals surface area contributed by atoms with Gasteiger partial charge in [0.25, 0.3) is 0 Å². The fraction of sp³-hybridized carbons (Fsp3) is 0.421. The number of aromatic nitrogens is 3. The molecular formula is C19H24N4O4. The first kappa shape index (κ1) is 18.8. The Morgan fingerprint density at radius 2 is 2.15 bits per heavy atom. The number of nitrogens with zero attached hydrogens (tertiary/aromatic N) is 3. The Balaban J connectivity index is 1.93. The Kier molecular flexibility index (Phi) is 5.34. The fourth-order valence-electron chi connectivity index (χ4n) is 2.85. The van der Waals surface area contributed by atoms with Gasteiger partial charge in [-0.25, -0.2) is 9.48 Å². The third kappa shape index (κ3) is 4.05. The molecule has 1 atom stereocenters. The van der Waals surface area contributed by atoms with Gasteiger partial charge in [0, 0.05) is 0 Å². The zero-order valence-corrected chi connectivity index (χ0v) is 15.9. The number of nitrogens with one attached hydrogen (secondary N) is 1. The molecule has 2 N–H and O–H groups in total. The van der Waals surface area contributed by atoms with Gasteiger partial charge in [0.05, 0.1) is 13.7 Å². The zero-order valence-electron chi connectivity index (χ0n) is 15.9. The largest absolute Gasteiger partial charge is 0.493 e. The molecule has 1 aromatic heterocycles. The molecule has 3 rings (SSSR count). The summed E-state index contributed by atoms with van der Waals surface area (Å²) in [7, 11) is 1.58. The van der Waals surface area contributed by atoms with Gasteiger partial charge in [0.1, 0.15) is 17.6 Å². The molecule has 0 saturated carbocycles. The number of carbonyl (C=O) groups is 1. The number of aliphatic carboxylic acids is 1. The number of allylic oxidation sites excluding steroid dienone is 1. The summed E-state index contributed by atoms with van der Waals surface area (Å²) in [5, 5.41) is 16.6. The Morgan fingerprint density at radius 1 is 1.37 bits per heavy atom. The smallest absolute Gasteiger partial charge is 0.352 e. The van der Waals surface area contributed by atoms with Crippen LogP contribution in [0.25, 0.3) is 0 Å². The predicted octanol–water partition coefficient (Wildman–Crippen LogP) is 3.00. The molecule has 1 aliphatic heterocycles. The molecule has 0 radical (unpaired) electrons. The third-order valence-electron chi connectivity index (χ3n) is 4.28. The van der Waals surface area contributed by atoms with Crippen LogP contribution < -0.4 is 14.8 Å². The quantitative estimate of drug-likeness (QED) is 0.771. The van der Waals surface area contributed by atoms with E-state index in [2.05, 4.69) is 29.2 Å². The van der Waals surface area contributed by atoms with Gasteiger partial charge in [-0.15, -0.1) is 0 Å². The average Bonchev–Trinajstić information content (AvgIpc) is 3.00. The van der Waals surface area contributed by atoms with Crippen molar-refractivity contribution in [3.05, 3.63) is 41.4 Å². The molecule has 2 heterocycles. The average molecular weight is 372 g/mol. The number of hydrogen-bond donors (Lipinski definition) is 2. The second-order valence-electron chi connectivity index (χ2n) is 6.82. The number of fused-ring (bicyclic) bond motifs is 1. The summed E-state index contributed by atoms with van der Waals surface area (Å²) in [6.07, 6.45) is 2.56. The number of methoxy groups -OCH3 is 1. The van der Waals surface area contributed by atoms with Crippen molar-refractivity contribution in [2.45, 2.75) is 33.2 Å². The summed E-state index contributed by atoms with van der Waals surface area (Å²) in [5.74, 6) is 1.72. The van der Waals surface area contributed by atoms with E-state index in [9.17, 15) is 9.90 Å². The number of hydrogen-bond acceptors (Lipinski definition) is 6. The van der Waals surface area contributed by atoms with Crippen molar-refractivity contribution in [1.29, 1.82) is 0 Å². The van der Waals surface area contributed by atoms with E-state index >= 15 is 0 Å². The van der Waals surface area contributed by atoms with E-state index < -0.39 is 12.0 Å². The normalized spacial score (nSPS) is 15.7. The summed E-state index contributed by atoms with van der Waals surface area (Å²) < 4.78 is 13.0. The van der Waals surface area contributed by atoms with Crippen LogP contribution in [0.5, 0.6) is 11.5 Å². The third-order valence-corrected chi connectivity index (χ3v) is 4.28. The van der Waals surface area contributed by atoms with Gasteiger partial charge in [-0.3, -0.25) is 0 Å². The van der Waals surface area contributed by atoms with Crippen LogP contribution in [0.3, 0.4) is 0 Å². The fourth-order valence-corrected chi connectivity index (χ4v) is 2.85. The minimum absolute atomic E-state index is 0.0659. The summed E-state index contributed by atoms with van der Waals surface area (Å²) in [5.41, 5.74) is 0.894. The Labute approximate surface area is 157 Å². The van der Waals surface area contributed by atoms with E-state index in [0.29, 0.717) is 35.8 Å². The summed E-state index contributed by atoms with van der Waals surface area (Å²) in [6, 6.07) is 5.17. The van der Waals surface area contributed by atoms with Gasteiger partial charge in [-0.1, -0.05) is 19.9 Å². The minimum Gasteiger partial charge on any atom is -0.493 e. The highest BCUT2D eigenvalue weighted by Gasteiger charge is 2.27. The number of aryl methyl sites for hydroxylation is 1. The lowest BCUT2D eigenvalue weighted by atomic mass is 10.0. The Bertz CT molecular complexity index is 873. The van der Waals surface area contributed by atoms with Crippen LogP contribution >= 0.6 is 0 Å². The van der Waals surface area contributed by atoms with Gasteiger partial charge >= 0.3 is 5.97 Å². The monoisotopic (exact) mass is 372 g/mol. The van der Waals surface area contributed by atoms with Gasteiger partial charge < -0.3 is 19.9 Å². The van der Waals surface area contributed by atoms with E-state index in [4.69, 9.17) is 9.47 Å². The van der Waals surface area contributed by atoms with Gasteiger partial charge in [-0.2, -0.15) is 10.1 Å². The molecule has 1 unspecified atom stereocenters. The van der Waals surface area contributed by atoms with Crippen LogP contribution in [-0.4, -0.2) is 39.6 Å². The first-order valence-electron chi connectivity index (χ1n) is 8.85. The molecule has 0 bridgehead atoms. The number of carboxylic acid groups (broad SMARTS) is 1. The van der Waals surface area contributed by atoms with Crippen molar-refractivity contribution < 1.29 is 19.4 Å². The molecule has 0 spiro atoms. The van der Waals surface area contributed by atoms with Gasteiger partial charge in [-0.05, 0) is 43.0 Å². The predicted molar refractivity (Wildman–Crippen MR) is 100 cm³/mol. The standard InChI is InChI=1S/C19H24N4O4/c1-11(2)7-8-27-16-6-5-13(9-17(16)26-4)15-10-14(18(24)25)21-19-20-12(3)22-23(15)19/h5-6,9-11,15H,7-8H2,1-4H3,(H,24,25)(H,20,21,22). The SMILES string of the molecule is COc1cc(C2C=C(C(=O)O)Nc3nc(C)nn32)ccc1OCCC(C)C. The summed E-state index contributed by atoms with van der Waals surface area (Å²) in [6.45, 7) is 6.66. The molecule has 0 fully saturated rings. The van der Waals surface area contributed by atoms with Crippen molar-refractivity contribution in [3.63, 3.8) is 0 Å². The topological polar surface area (TPSA) is 98.5 Å². The lowest BCUT2D eigenvalue weighted by Crippen LogP contribution is -2.24. The van der Waals surface area contributed by atoms with E-state index in [1.165, 1.54) is 0 Å². The lowest BCUT2D eigenvalue weighted by Gasteiger charge is -2.23. The van der Waals surface area contributed by atoms with Gasteiger partial charge in [0.15, 0.2) is 11.5 Å². The molecular weight excluding hydrogens is 348 g/mol. The molecule has 27 heavy (non-hydrogen) atoms. The number of rotatable bonds is 7. The molecule has 0 saturated heterocycles. The van der Waals surface area contributed by atoms with Crippen LogP contribution in [-0.2, 0) is 4.79 Å². The number of anilines is 1. The highest BCUT2D eigenvalue weighted by atomic mass is 16.5. The second-order valence-corrected chi connectivity index (χ2v) is 6.82. The number of ether oxygens (including phenoxy) is 2. The number of benzene rings is 1. The van der Waals surface area contributed by atoms with E-state index in [-0.39, 0.29) is 5.70 Å². The van der Waals surface area contributed by atoms with Crippen molar-refractivity contribution in [2.24, 2.45) is 5.92 Å². The second kappa shape index (κ2) is 7.69. The molecule has 1 aromatic carbocycles. The van der Waals surface area contributed by atoms with Gasteiger partial charge in [0.2, 0.25) is 5.95 Å². The molecule has 1 aliphatic rings. The van der Waals surface area contributed by atoms with Crippen LogP contribution in [0.4, 0.5) is 5.95 Å². The highest BCUT2D eigenvalue weighted by molar-refractivity contribution is 5.90. The Hall–Kier alpha value is -3.03. The van der Waals surface area contributed by atoms with Crippen molar-refractivity contribution in [1.82, 2.24) is 14.8 Å². The summed E-state index contributed by atoms with van der Waals surface area (Å²) >= 11 is 0. The van der Waals surface area contributed by atoms with Crippen LogP contribution in [0, 0.1) is 12.8 Å². The first-order chi connectivity index (χ1) is 12.9. The number of carboxylic acids is 1. The maximum absolute atomic E-state index is 11.5. The van der Waals surface area contributed by atoms with E-state index in [0.717, 1.165) is 12.0 Å². The first-order valence-corrected chi connectivity index (χ1v) is 8.85. The molecule has 8 heteroatoms. The van der Waals surface area contributed by atoms with Crippen molar-refractivity contribution >= 4 is 11.9 Å². The maximum atomic E-state index is 11.5. The minimum atomic E-state index is -1.05. The lowest BCUT2D eigenvalue weighted by molar-refractivity contribution is -0.132.